The molecule has 1 unspecified atom stereocenters. The van der Waals surface area contributed by atoms with Crippen LogP contribution in [0.25, 0.3) is 0 Å². The molecule has 1 saturated heterocycles. The van der Waals surface area contributed by atoms with Crippen molar-refractivity contribution >= 4 is 17.9 Å². The molecule has 1 aromatic carbocycles. The summed E-state index contributed by atoms with van der Waals surface area (Å²) >= 11 is 0. The lowest BCUT2D eigenvalue weighted by Crippen LogP contribution is -2.38. The molecule has 1 heterocycles. The maximum Gasteiger partial charge on any atom is 0.202 e. The van der Waals surface area contributed by atoms with Crippen LogP contribution in [-0.4, -0.2) is 35.5 Å². The third-order valence-corrected chi connectivity index (χ3v) is 8.80. The van der Waals surface area contributed by atoms with Gasteiger partial charge in [-0.3, -0.25) is 0 Å². The van der Waals surface area contributed by atoms with Crippen molar-refractivity contribution in [2.75, 3.05) is 13.2 Å². The quantitative estimate of drug-likeness (QED) is 0.718. The molecule has 1 fully saturated rings. The first kappa shape index (κ1) is 18.8. The van der Waals surface area contributed by atoms with E-state index in [1.54, 1.807) is 24.3 Å². The number of rotatable bonds is 5. The zero-order valence-corrected chi connectivity index (χ0v) is 17.1. The van der Waals surface area contributed by atoms with Crippen LogP contribution in [0.4, 0.5) is 0 Å². The molecule has 6 heteroatoms. The molecule has 0 N–H and O–H groups in total. The van der Waals surface area contributed by atoms with Gasteiger partial charge in [0.2, 0.25) is 9.84 Å². The van der Waals surface area contributed by atoms with Gasteiger partial charge in [-0.2, -0.15) is 0 Å². The summed E-state index contributed by atoms with van der Waals surface area (Å²) < 4.78 is 38.1. The number of ether oxygens (including phenoxy) is 2. The second-order valence-electron chi connectivity index (χ2n) is 8.24. The van der Waals surface area contributed by atoms with Crippen LogP contribution in [0.2, 0.25) is 25.7 Å². The number of hydrogen-bond acceptors (Lipinski definition) is 4. The van der Waals surface area contributed by atoms with E-state index in [0.29, 0.717) is 35.9 Å². The van der Waals surface area contributed by atoms with Gasteiger partial charge in [-0.05, 0) is 24.5 Å². The highest BCUT2D eigenvalue weighted by Gasteiger charge is 2.44. The molecule has 3 rings (SSSR count). The predicted molar refractivity (Wildman–Crippen MR) is 102 cm³/mol. The Labute approximate surface area is 152 Å². The van der Waals surface area contributed by atoms with Crippen molar-refractivity contribution in [1.29, 1.82) is 0 Å². The summed E-state index contributed by atoms with van der Waals surface area (Å²) in [6.45, 7) is 8.15. The molecule has 0 saturated carbocycles. The van der Waals surface area contributed by atoms with Crippen LogP contribution in [0.1, 0.15) is 19.3 Å². The van der Waals surface area contributed by atoms with Crippen LogP contribution in [0, 0.1) is 5.92 Å². The van der Waals surface area contributed by atoms with E-state index in [9.17, 15) is 8.42 Å². The number of hydrogen-bond donors (Lipinski definition) is 0. The second-order valence-corrected chi connectivity index (χ2v) is 15.8. The Morgan fingerprint density at radius 3 is 2.36 bits per heavy atom. The summed E-state index contributed by atoms with van der Waals surface area (Å²) in [4.78, 5) is 0.935. The minimum absolute atomic E-state index is 0.0382. The predicted octanol–water partition coefficient (Wildman–Crippen LogP) is 4.23. The van der Waals surface area contributed by atoms with Crippen molar-refractivity contribution in [3.63, 3.8) is 0 Å². The standard InChI is InChI=1S/C19H28O4SSi/c1-25(2,3)14-10-16-15-19(22-12-13-23-19)11-9-18(16)24(20,21)17-7-5-4-6-8-17/h4-9,16H,10-15H2,1-3H3. The van der Waals surface area contributed by atoms with Crippen LogP contribution < -0.4 is 0 Å². The maximum atomic E-state index is 13.2. The molecule has 0 aromatic heterocycles. The van der Waals surface area contributed by atoms with Crippen LogP contribution >= 0.6 is 0 Å². The summed E-state index contributed by atoms with van der Waals surface area (Å²) in [5, 5.41) is 0. The maximum absolute atomic E-state index is 13.2. The molecular formula is C19H28O4SSi. The smallest absolute Gasteiger partial charge is 0.202 e. The molecule has 1 atom stereocenters. The van der Waals surface area contributed by atoms with Crippen molar-refractivity contribution in [3.8, 4) is 0 Å². The third kappa shape index (κ3) is 4.24. The van der Waals surface area contributed by atoms with Gasteiger partial charge in [0, 0.05) is 25.8 Å². The van der Waals surface area contributed by atoms with Crippen molar-refractivity contribution < 1.29 is 17.9 Å². The van der Waals surface area contributed by atoms with E-state index in [4.69, 9.17) is 9.47 Å². The molecule has 0 bridgehead atoms. The van der Waals surface area contributed by atoms with Crippen molar-refractivity contribution in [3.05, 3.63) is 41.3 Å². The Morgan fingerprint density at radius 1 is 1.12 bits per heavy atom. The van der Waals surface area contributed by atoms with Gasteiger partial charge >= 0.3 is 0 Å². The molecule has 1 aliphatic carbocycles. The highest BCUT2D eigenvalue weighted by Crippen LogP contribution is 2.44. The average Bonchev–Trinajstić information content (AvgIpc) is 3.01. The topological polar surface area (TPSA) is 52.6 Å². The molecular weight excluding hydrogens is 352 g/mol. The van der Waals surface area contributed by atoms with Crippen LogP contribution in [0.15, 0.2) is 46.2 Å². The monoisotopic (exact) mass is 380 g/mol. The molecule has 1 aromatic rings. The fraction of sp³-hybridized carbons (Fsp3) is 0.579. The second kappa shape index (κ2) is 6.99. The molecule has 0 radical (unpaired) electrons. The number of benzene rings is 1. The minimum atomic E-state index is -3.46. The van der Waals surface area contributed by atoms with Gasteiger partial charge in [0.1, 0.15) is 0 Å². The van der Waals surface area contributed by atoms with Crippen molar-refractivity contribution in [2.45, 2.75) is 55.6 Å². The summed E-state index contributed by atoms with van der Waals surface area (Å²) in [5.41, 5.74) is 0. The largest absolute Gasteiger partial charge is 0.347 e. The van der Waals surface area contributed by atoms with Gasteiger partial charge in [-0.1, -0.05) is 50.0 Å². The Hall–Kier alpha value is -0.953. The van der Waals surface area contributed by atoms with Gasteiger partial charge < -0.3 is 9.47 Å². The Balaban J connectivity index is 1.92. The van der Waals surface area contributed by atoms with E-state index >= 15 is 0 Å². The number of sulfone groups is 1. The summed E-state index contributed by atoms with van der Waals surface area (Å²) in [7, 11) is -4.72. The van der Waals surface area contributed by atoms with Crippen LogP contribution in [0.5, 0.6) is 0 Å². The zero-order valence-electron chi connectivity index (χ0n) is 15.3. The van der Waals surface area contributed by atoms with Gasteiger partial charge in [0.05, 0.1) is 18.1 Å². The molecule has 1 aliphatic heterocycles. The lowest BCUT2D eigenvalue weighted by Gasteiger charge is -2.36. The first-order valence-electron chi connectivity index (χ1n) is 9.00. The van der Waals surface area contributed by atoms with Crippen molar-refractivity contribution in [1.82, 2.24) is 0 Å². The van der Waals surface area contributed by atoms with E-state index in [1.807, 2.05) is 12.1 Å². The van der Waals surface area contributed by atoms with Gasteiger partial charge in [0.15, 0.2) is 5.79 Å². The van der Waals surface area contributed by atoms with Crippen LogP contribution in [0.3, 0.4) is 0 Å². The molecule has 2 aliphatic rings. The third-order valence-electron chi connectivity index (χ3n) is 4.99. The Kier molecular flexibility index (Phi) is 5.26. The molecule has 4 nitrogen and oxygen atoms in total. The highest BCUT2D eigenvalue weighted by atomic mass is 32.2. The van der Waals surface area contributed by atoms with Crippen molar-refractivity contribution in [2.24, 2.45) is 5.92 Å². The van der Waals surface area contributed by atoms with E-state index in [-0.39, 0.29) is 5.92 Å². The Morgan fingerprint density at radius 2 is 1.76 bits per heavy atom. The fourth-order valence-electron chi connectivity index (χ4n) is 3.63. The minimum Gasteiger partial charge on any atom is -0.347 e. The average molecular weight is 381 g/mol. The SMILES string of the molecule is C[Si](C)(C)CCC1CC2(CC=C1S(=O)(=O)c1ccccc1)OCCO2. The molecule has 25 heavy (non-hydrogen) atoms. The highest BCUT2D eigenvalue weighted by molar-refractivity contribution is 7.95. The molecule has 138 valence electrons. The first-order chi connectivity index (χ1) is 11.7. The lowest BCUT2D eigenvalue weighted by molar-refractivity contribution is -0.168. The summed E-state index contributed by atoms with van der Waals surface area (Å²) in [5.74, 6) is -0.649. The molecule has 0 amide bonds. The molecule has 1 spiro atoms. The van der Waals surface area contributed by atoms with E-state index in [0.717, 1.165) is 12.5 Å². The summed E-state index contributed by atoms with van der Waals surface area (Å²) in [6, 6.07) is 9.84. The Bertz CT molecular complexity index is 728. The normalized spacial score (nSPS) is 23.6. The lowest BCUT2D eigenvalue weighted by atomic mass is 9.88. The summed E-state index contributed by atoms with van der Waals surface area (Å²) in [6.07, 6.45) is 3.88. The van der Waals surface area contributed by atoms with Gasteiger partial charge in [-0.25, -0.2) is 8.42 Å². The zero-order chi connectivity index (χ0) is 18.1. The van der Waals surface area contributed by atoms with E-state index in [2.05, 4.69) is 19.6 Å². The first-order valence-corrected chi connectivity index (χ1v) is 14.2. The van der Waals surface area contributed by atoms with E-state index in [1.165, 1.54) is 0 Å². The van der Waals surface area contributed by atoms with Gasteiger partial charge in [0.25, 0.3) is 0 Å². The fourth-order valence-corrected chi connectivity index (χ4v) is 6.58. The van der Waals surface area contributed by atoms with Gasteiger partial charge in [-0.15, -0.1) is 0 Å². The van der Waals surface area contributed by atoms with Crippen LogP contribution in [-0.2, 0) is 19.3 Å². The number of allylic oxidation sites excluding steroid dienone is 1. The van der Waals surface area contributed by atoms with E-state index < -0.39 is 23.7 Å².